The zero-order valence-corrected chi connectivity index (χ0v) is 12.1. The molecule has 1 aromatic heterocycles. The molecule has 0 fully saturated rings. The van der Waals surface area contributed by atoms with Crippen molar-refractivity contribution in [1.82, 2.24) is 20.4 Å². The van der Waals surface area contributed by atoms with Crippen LogP contribution in [0, 0.1) is 0 Å². The van der Waals surface area contributed by atoms with Crippen LogP contribution in [0.1, 0.15) is 5.56 Å². The van der Waals surface area contributed by atoms with Crippen LogP contribution in [0.4, 0.5) is 4.79 Å². The van der Waals surface area contributed by atoms with Gasteiger partial charge in [0.05, 0.1) is 12.3 Å². The maximum atomic E-state index is 11.4. The summed E-state index contributed by atoms with van der Waals surface area (Å²) in [7, 11) is 1.60. The molecule has 1 heterocycles. The smallest absolute Gasteiger partial charge is 0.314 e. The number of ether oxygens (including phenoxy) is 1. The minimum atomic E-state index is -0.166. The van der Waals surface area contributed by atoms with E-state index in [0.717, 1.165) is 12.1 Å². The fourth-order valence-electron chi connectivity index (χ4n) is 1.89. The van der Waals surface area contributed by atoms with Crippen molar-refractivity contribution in [3.63, 3.8) is 0 Å². The predicted octanol–water partition coefficient (Wildman–Crippen LogP) is 1.36. The van der Waals surface area contributed by atoms with Crippen LogP contribution in [0.2, 0.25) is 0 Å². The number of amides is 2. The van der Waals surface area contributed by atoms with E-state index in [-0.39, 0.29) is 6.03 Å². The molecule has 6 nitrogen and oxygen atoms in total. The van der Waals surface area contributed by atoms with Gasteiger partial charge in [-0.15, -0.1) is 0 Å². The van der Waals surface area contributed by atoms with Gasteiger partial charge in [-0.25, -0.2) is 9.48 Å². The number of aromatic nitrogens is 2. The Morgan fingerprint density at radius 2 is 2.00 bits per heavy atom. The van der Waals surface area contributed by atoms with E-state index in [1.54, 1.807) is 13.3 Å². The molecule has 0 saturated heterocycles. The monoisotopic (exact) mass is 288 g/mol. The Kier molecular flexibility index (Phi) is 5.78. The van der Waals surface area contributed by atoms with Gasteiger partial charge in [0.15, 0.2) is 0 Å². The van der Waals surface area contributed by atoms with E-state index in [2.05, 4.69) is 15.7 Å². The zero-order chi connectivity index (χ0) is 14.9. The summed E-state index contributed by atoms with van der Waals surface area (Å²) in [5.74, 6) is 0. The third-order valence-corrected chi connectivity index (χ3v) is 3.00. The average molecular weight is 288 g/mol. The first-order valence-electron chi connectivity index (χ1n) is 6.89. The van der Waals surface area contributed by atoms with Crippen molar-refractivity contribution in [2.75, 3.05) is 26.8 Å². The van der Waals surface area contributed by atoms with Crippen molar-refractivity contribution < 1.29 is 9.53 Å². The highest BCUT2D eigenvalue weighted by Crippen LogP contribution is 2.08. The number of benzene rings is 1. The van der Waals surface area contributed by atoms with E-state index in [4.69, 9.17) is 4.74 Å². The molecule has 0 aliphatic carbocycles. The number of hydrogen-bond donors (Lipinski definition) is 2. The summed E-state index contributed by atoms with van der Waals surface area (Å²) < 4.78 is 6.67. The molecule has 112 valence electrons. The van der Waals surface area contributed by atoms with E-state index in [1.807, 2.05) is 41.2 Å². The summed E-state index contributed by atoms with van der Waals surface area (Å²) in [6.07, 6.45) is 4.44. The molecule has 2 aromatic rings. The summed E-state index contributed by atoms with van der Waals surface area (Å²) in [5.41, 5.74) is 2.19. The molecule has 0 bridgehead atoms. The van der Waals surface area contributed by atoms with Gasteiger partial charge in [-0.2, -0.15) is 5.10 Å². The summed E-state index contributed by atoms with van der Waals surface area (Å²) >= 11 is 0. The Labute approximate surface area is 124 Å². The van der Waals surface area contributed by atoms with Crippen LogP contribution >= 0.6 is 0 Å². The highest BCUT2D eigenvalue weighted by molar-refractivity contribution is 5.73. The zero-order valence-electron chi connectivity index (χ0n) is 12.1. The van der Waals surface area contributed by atoms with Gasteiger partial charge >= 0.3 is 6.03 Å². The second-order valence-corrected chi connectivity index (χ2v) is 4.54. The van der Waals surface area contributed by atoms with Gasteiger partial charge in [-0.3, -0.25) is 0 Å². The molecule has 0 aliphatic rings. The van der Waals surface area contributed by atoms with E-state index in [0.29, 0.717) is 19.7 Å². The lowest BCUT2D eigenvalue weighted by molar-refractivity contribution is 0.196. The molecule has 21 heavy (non-hydrogen) atoms. The highest BCUT2D eigenvalue weighted by Gasteiger charge is 2.00. The third-order valence-electron chi connectivity index (χ3n) is 3.00. The Hall–Kier alpha value is -2.34. The summed E-state index contributed by atoms with van der Waals surface area (Å²) in [4.78, 5) is 11.4. The SMILES string of the molecule is COCCNC(=O)NCCc1ccc(-n2cccn2)cc1. The van der Waals surface area contributed by atoms with E-state index in [1.165, 1.54) is 5.56 Å². The Morgan fingerprint density at radius 1 is 1.24 bits per heavy atom. The molecule has 0 atom stereocenters. The molecular formula is C15H20N4O2. The second kappa shape index (κ2) is 8.06. The Bertz CT molecular complexity index is 537. The van der Waals surface area contributed by atoms with E-state index >= 15 is 0 Å². The lowest BCUT2D eigenvalue weighted by Crippen LogP contribution is -2.38. The van der Waals surface area contributed by atoms with Gasteiger partial charge < -0.3 is 15.4 Å². The van der Waals surface area contributed by atoms with Crippen molar-refractivity contribution in [2.24, 2.45) is 0 Å². The first kappa shape index (κ1) is 15.1. The molecule has 1 aromatic carbocycles. The van der Waals surface area contributed by atoms with Crippen LogP contribution in [0.25, 0.3) is 5.69 Å². The first-order valence-corrected chi connectivity index (χ1v) is 6.89. The van der Waals surface area contributed by atoms with Crippen molar-refractivity contribution in [1.29, 1.82) is 0 Å². The molecule has 0 saturated carbocycles. The van der Waals surface area contributed by atoms with Crippen molar-refractivity contribution in [2.45, 2.75) is 6.42 Å². The van der Waals surface area contributed by atoms with Crippen LogP contribution in [0.15, 0.2) is 42.7 Å². The van der Waals surface area contributed by atoms with Crippen molar-refractivity contribution in [3.8, 4) is 5.69 Å². The lowest BCUT2D eigenvalue weighted by Gasteiger charge is -2.08. The quantitative estimate of drug-likeness (QED) is 0.756. The van der Waals surface area contributed by atoms with Crippen molar-refractivity contribution in [3.05, 3.63) is 48.3 Å². The summed E-state index contributed by atoms with van der Waals surface area (Å²) in [6, 6.07) is 9.84. The number of hydrogen-bond acceptors (Lipinski definition) is 3. The first-order chi connectivity index (χ1) is 10.3. The van der Waals surface area contributed by atoms with Gasteiger partial charge in [-0.05, 0) is 30.2 Å². The topological polar surface area (TPSA) is 68.2 Å². The second-order valence-electron chi connectivity index (χ2n) is 4.54. The molecule has 2 rings (SSSR count). The standard InChI is InChI=1S/C15H20N4O2/c1-21-12-10-17-15(20)16-9-7-13-3-5-14(6-4-13)19-11-2-8-18-19/h2-6,8,11H,7,9-10,12H2,1H3,(H2,16,17,20). The minimum Gasteiger partial charge on any atom is -0.383 e. The molecule has 6 heteroatoms. The number of rotatable bonds is 7. The molecule has 2 N–H and O–H groups in total. The molecular weight excluding hydrogens is 268 g/mol. The summed E-state index contributed by atoms with van der Waals surface area (Å²) in [6.45, 7) is 1.63. The Balaban J connectivity index is 1.73. The van der Waals surface area contributed by atoms with Gasteiger partial charge in [0.1, 0.15) is 0 Å². The number of methoxy groups -OCH3 is 1. The normalized spacial score (nSPS) is 10.3. The van der Waals surface area contributed by atoms with Gasteiger partial charge in [0.25, 0.3) is 0 Å². The van der Waals surface area contributed by atoms with Crippen LogP contribution in [0.5, 0.6) is 0 Å². The third kappa shape index (κ3) is 4.92. The van der Waals surface area contributed by atoms with Crippen molar-refractivity contribution >= 4 is 6.03 Å². The Morgan fingerprint density at radius 3 is 2.67 bits per heavy atom. The van der Waals surface area contributed by atoms with Crippen LogP contribution in [0.3, 0.4) is 0 Å². The average Bonchev–Trinajstić information content (AvgIpc) is 3.02. The molecule has 0 aliphatic heterocycles. The molecule has 2 amide bonds. The predicted molar refractivity (Wildman–Crippen MR) is 80.5 cm³/mol. The lowest BCUT2D eigenvalue weighted by atomic mass is 10.1. The maximum absolute atomic E-state index is 11.4. The van der Waals surface area contributed by atoms with Gasteiger partial charge in [0, 0.05) is 32.6 Å². The number of carbonyl (C=O) groups excluding carboxylic acids is 1. The fourth-order valence-corrected chi connectivity index (χ4v) is 1.89. The fraction of sp³-hybridized carbons (Fsp3) is 0.333. The van der Waals surface area contributed by atoms with E-state index < -0.39 is 0 Å². The minimum absolute atomic E-state index is 0.166. The van der Waals surface area contributed by atoms with Gasteiger partial charge in [-0.1, -0.05) is 12.1 Å². The maximum Gasteiger partial charge on any atom is 0.314 e. The van der Waals surface area contributed by atoms with E-state index in [9.17, 15) is 4.79 Å². The number of carbonyl (C=O) groups is 1. The number of nitrogens with one attached hydrogen (secondary N) is 2. The van der Waals surface area contributed by atoms with Crippen LogP contribution in [-0.2, 0) is 11.2 Å². The number of nitrogens with zero attached hydrogens (tertiary/aromatic N) is 2. The molecule has 0 radical (unpaired) electrons. The largest absolute Gasteiger partial charge is 0.383 e. The molecule has 0 unspecified atom stereocenters. The number of urea groups is 1. The van der Waals surface area contributed by atoms with Gasteiger partial charge in [0.2, 0.25) is 0 Å². The van der Waals surface area contributed by atoms with Crippen LogP contribution in [-0.4, -0.2) is 42.6 Å². The summed E-state index contributed by atoms with van der Waals surface area (Å²) in [5, 5.41) is 9.70. The van der Waals surface area contributed by atoms with Crippen LogP contribution < -0.4 is 10.6 Å². The molecule has 0 spiro atoms. The highest BCUT2D eigenvalue weighted by atomic mass is 16.5.